The number of hydrogen-bond acceptors (Lipinski definition) is 6. The number of halogens is 1. The molecule has 0 saturated carbocycles. The van der Waals surface area contributed by atoms with Crippen LogP contribution in [-0.4, -0.2) is 19.5 Å². The summed E-state index contributed by atoms with van der Waals surface area (Å²) in [7, 11) is 0. The number of para-hydroxylation sites is 1. The summed E-state index contributed by atoms with van der Waals surface area (Å²) in [5, 5.41) is 1.65. The Morgan fingerprint density at radius 3 is 2.66 bits per heavy atom. The molecular formula is C24H17ClN4O2S. The van der Waals surface area contributed by atoms with E-state index in [1.54, 1.807) is 29.2 Å². The fourth-order valence-corrected chi connectivity index (χ4v) is 4.37. The van der Waals surface area contributed by atoms with Crippen LogP contribution in [0, 0.1) is 6.92 Å². The van der Waals surface area contributed by atoms with Gasteiger partial charge in [0.1, 0.15) is 12.1 Å². The molecule has 2 aromatic carbocycles. The van der Waals surface area contributed by atoms with E-state index in [4.69, 9.17) is 21.0 Å². The minimum atomic E-state index is -0.161. The van der Waals surface area contributed by atoms with Crippen molar-refractivity contribution in [3.8, 4) is 17.3 Å². The molecular weight excluding hydrogens is 444 g/mol. The van der Waals surface area contributed by atoms with Crippen LogP contribution in [0.25, 0.3) is 28.2 Å². The molecule has 8 heteroatoms. The van der Waals surface area contributed by atoms with E-state index in [9.17, 15) is 4.79 Å². The highest BCUT2D eigenvalue weighted by Crippen LogP contribution is 2.29. The molecule has 0 saturated heterocycles. The van der Waals surface area contributed by atoms with Gasteiger partial charge in [-0.3, -0.25) is 4.79 Å². The third kappa shape index (κ3) is 3.92. The first-order chi connectivity index (χ1) is 15.6. The summed E-state index contributed by atoms with van der Waals surface area (Å²) in [6.45, 7) is 1.95. The Labute approximate surface area is 192 Å². The average Bonchev–Trinajstić information content (AvgIpc) is 3.28. The standard InChI is InChI=1S/C24H17ClN4O2S/c1-15-10-11-21(26-12-15)29-23(30)18-7-3-5-9-20(18)28-24(29)32-14-16-13-31-22(27-16)17-6-2-4-8-19(17)25/h2-13H,14H2,1H3. The zero-order valence-corrected chi connectivity index (χ0v) is 18.6. The third-order valence-electron chi connectivity index (χ3n) is 4.87. The maximum atomic E-state index is 13.3. The molecule has 0 radical (unpaired) electrons. The van der Waals surface area contributed by atoms with Crippen molar-refractivity contribution in [3.05, 3.63) is 99.8 Å². The van der Waals surface area contributed by atoms with Crippen molar-refractivity contribution >= 4 is 34.3 Å². The van der Waals surface area contributed by atoms with Crippen LogP contribution in [0.1, 0.15) is 11.3 Å². The van der Waals surface area contributed by atoms with E-state index in [0.29, 0.717) is 38.5 Å². The fraction of sp³-hybridized carbons (Fsp3) is 0.0833. The van der Waals surface area contributed by atoms with Gasteiger partial charge < -0.3 is 4.42 Å². The van der Waals surface area contributed by atoms with Crippen molar-refractivity contribution in [2.24, 2.45) is 0 Å². The number of thioether (sulfide) groups is 1. The highest BCUT2D eigenvalue weighted by molar-refractivity contribution is 7.98. The van der Waals surface area contributed by atoms with Crippen LogP contribution in [0.5, 0.6) is 0 Å². The Kier molecular flexibility index (Phi) is 5.51. The normalized spacial score (nSPS) is 11.2. The maximum absolute atomic E-state index is 13.3. The number of nitrogens with zero attached hydrogens (tertiary/aromatic N) is 4. The second kappa shape index (κ2) is 8.61. The molecule has 0 aliphatic heterocycles. The van der Waals surface area contributed by atoms with Gasteiger partial charge in [-0.1, -0.05) is 53.7 Å². The summed E-state index contributed by atoms with van der Waals surface area (Å²) in [6.07, 6.45) is 3.33. The molecule has 0 spiro atoms. The topological polar surface area (TPSA) is 73.8 Å². The molecule has 5 aromatic rings. The number of rotatable bonds is 5. The number of benzene rings is 2. The number of aryl methyl sites for hydroxylation is 1. The Morgan fingerprint density at radius 2 is 1.84 bits per heavy atom. The highest BCUT2D eigenvalue weighted by Gasteiger charge is 2.16. The Hall–Kier alpha value is -3.42. The molecule has 0 fully saturated rings. The zero-order valence-electron chi connectivity index (χ0n) is 17.0. The summed E-state index contributed by atoms with van der Waals surface area (Å²) in [5.41, 5.74) is 2.94. The predicted octanol–water partition coefficient (Wildman–Crippen LogP) is 5.69. The first kappa shape index (κ1) is 20.5. The van der Waals surface area contributed by atoms with E-state index >= 15 is 0 Å². The maximum Gasteiger partial charge on any atom is 0.267 e. The molecule has 0 amide bonds. The van der Waals surface area contributed by atoms with Gasteiger partial charge in [-0.05, 0) is 42.8 Å². The van der Waals surface area contributed by atoms with Gasteiger partial charge in [-0.15, -0.1) is 0 Å². The third-order valence-corrected chi connectivity index (χ3v) is 6.18. The minimum Gasteiger partial charge on any atom is -0.444 e. The zero-order chi connectivity index (χ0) is 22.1. The number of oxazole rings is 1. The second-order valence-electron chi connectivity index (χ2n) is 7.16. The van der Waals surface area contributed by atoms with Crippen molar-refractivity contribution in [1.29, 1.82) is 0 Å². The van der Waals surface area contributed by atoms with Gasteiger partial charge in [-0.2, -0.15) is 0 Å². The molecule has 0 unspecified atom stereocenters. The summed E-state index contributed by atoms with van der Waals surface area (Å²) in [5.74, 6) is 1.44. The molecule has 0 bridgehead atoms. The van der Waals surface area contributed by atoms with Gasteiger partial charge in [0, 0.05) is 11.9 Å². The van der Waals surface area contributed by atoms with Crippen LogP contribution < -0.4 is 5.56 Å². The molecule has 5 rings (SSSR count). The lowest BCUT2D eigenvalue weighted by molar-refractivity contribution is 0.573. The van der Waals surface area contributed by atoms with Gasteiger partial charge in [0.15, 0.2) is 5.16 Å². The predicted molar refractivity (Wildman–Crippen MR) is 126 cm³/mol. The quantitative estimate of drug-likeness (QED) is 0.248. The summed E-state index contributed by atoms with van der Waals surface area (Å²) >= 11 is 7.65. The SMILES string of the molecule is Cc1ccc(-n2c(SCc3coc(-c4ccccc4Cl)n3)nc3ccccc3c2=O)nc1. The number of fused-ring (bicyclic) bond motifs is 1. The molecule has 0 aliphatic rings. The lowest BCUT2D eigenvalue weighted by atomic mass is 10.2. The van der Waals surface area contributed by atoms with Crippen LogP contribution >= 0.6 is 23.4 Å². The van der Waals surface area contributed by atoms with Gasteiger partial charge >= 0.3 is 0 Å². The van der Waals surface area contributed by atoms with Crippen molar-refractivity contribution in [1.82, 2.24) is 19.5 Å². The van der Waals surface area contributed by atoms with Crippen LogP contribution in [0.4, 0.5) is 0 Å². The van der Waals surface area contributed by atoms with Crippen LogP contribution in [-0.2, 0) is 5.75 Å². The van der Waals surface area contributed by atoms with Crippen LogP contribution in [0.2, 0.25) is 5.02 Å². The van der Waals surface area contributed by atoms with E-state index in [1.165, 1.54) is 11.8 Å². The van der Waals surface area contributed by atoms with Gasteiger partial charge in [0.05, 0.1) is 27.2 Å². The van der Waals surface area contributed by atoms with Crippen LogP contribution in [0.15, 0.2) is 87.5 Å². The Balaban J connectivity index is 1.52. The molecule has 6 nitrogen and oxygen atoms in total. The summed E-state index contributed by atoms with van der Waals surface area (Å²) in [6, 6.07) is 18.4. The van der Waals surface area contributed by atoms with E-state index in [1.807, 2.05) is 55.5 Å². The van der Waals surface area contributed by atoms with Gasteiger partial charge in [-0.25, -0.2) is 19.5 Å². The number of hydrogen-bond donors (Lipinski definition) is 0. The molecule has 0 N–H and O–H groups in total. The first-order valence-electron chi connectivity index (χ1n) is 9.87. The molecule has 0 aliphatic carbocycles. The van der Waals surface area contributed by atoms with E-state index in [-0.39, 0.29) is 5.56 Å². The number of aromatic nitrogens is 4. The monoisotopic (exact) mass is 460 g/mol. The lowest BCUT2D eigenvalue weighted by Gasteiger charge is -2.12. The highest BCUT2D eigenvalue weighted by atomic mass is 35.5. The Bertz CT molecular complexity index is 1480. The average molecular weight is 461 g/mol. The molecule has 32 heavy (non-hydrogen) atoms. The van der Waals surface area contributed by atoms with E-state index in [2.05, 4.69) is 9.97 Å². The van der Waals surface area contributed by atoms with Crippen molar-refractivity contribution < 1.29 is 4.42 Å². The molecule has 0 atom stereocenters. The largest absolute Gasteiger partial charge is 0.444 e. The van der Waals surface area contributed by atoms with Gasteiger partial charge in [0.2, 0.25) is 5.89 Å². The lowest BCUT2D eigenvalue weighted by Crippen LogP contribution is -2.22. The smallest absolute Gasteiger partial charge is 0.267 e. The van der Waals surface area contributed by atoms with Crippen molar-refractivity contribution in [2.75, 3.05) is 0 Å². The minimum absolute atomic E-state index is 0.161. The molecule has 158 valence electrons. The second-order valence-corrected chi connectivity index (χ2v) is 8.51. The van der Waals surface area contributed by atoms with Crippen LogP contribution in [0.3, 0.4) is 0 Å². The molecule has 3 aromatic heterocycles. The fourth-order valence-electron chi connectivity index (χ4n) is 3.27. The number of pyridine rings is 1. The summed E-state index contributed by atoms with van der Waals surface area (Å²) in [4.78, 5) is 27.0. The molecule has 3 heterocycles. The van der Waals surface area contributed by atoms with E-state index in [0.717, 1.165) is 16.8 Å². The first-order valence-corrected chi connectivity index (χ1v) is 11.2. The Morgan fingerprint density at radius 1 is 1.03 bits per heavy atom. The van der Waals surface area contributed by atoms with Crippen molar-refractivity contribution in [3.63, 3.8) is 0 Å². The van der Waals surface area contributed by atoms with E-state index < -0.39 is 0 Å². The van der Waals surface area contributed by atoms with Crippen molar-refractivity contribution in [2.45, 2.75) is 17.8 Å². The van der Waals surface area contributed by atoms with Gasteiger partial charge in [0.25, 0.3) is 5.56 Å². The summed E-state index contributed by atoms with van der Waals surface area (Å²) < 4.78 is 7.17.